The molecule has 2 aromatic rings. The maximum absolute atomic E-state index is 11.8. The lowest BCUT2D eigenvalue weighted by Crippen LogP contribution is -2.24. The molecule has 0 aliphatic heterocycles. The second kappa shape index (κ2) is 10.1. The Morgan fingerprint density at radius 2 is 1.96 bits per heavy atom. The number of rotatable bonds is 9. The zero-order valence-corrected chi connectivity index (χ0v) is 15.4. The summed E-state index contributed by atoms with van der Waals surface area (Å²) in [5, 5.41) is 14.7. The number of hydrogen-bond acceptors (Lipinski definition) is 5. The predicted octanol–water partition coefficient (Wildman–Crippen LogP) is 4.03. The molecule has 0 bridgehead atoms. The number of para-hydroxylation sites is 1. The number of nitrogens with zero attached hydrogens (tertiary/aromatic N) is 2. The molecule has 0 saturated carbocycles. The first-order valence-electron chi connectivity index (χ1n) is 8.79. The number of ether oxygens (including phenoxy) is 1. The van der Waals surface area contributed by atoms with Gasteiger partial charge in [0.25, 0.3) is 11.6 Å². The number of carbonyl (C=O) groups is 1. The number of nitrogens with one attached hydrogen (secondary N) is 1. The van der Waals surface area contributed by atoms with Gasteiger partial charge in [-0.25, -0.2) is 5.43 Å². The quantitative estimate of drug-likeness (QED) is 0.410. The maximum Gasteiger partial charge on any atom is 0.278 e. The third-order valence-electron chi connectivity index (χ3n) is 4.07. The van der Waals surface area contributed by atoms with Crippen molar-refractivity contribution in [3.05, 3.63) is 69.8 Å². The van der Waals surface area contributed by atoms with E-state index in [1.54, 1.807) is 18.2 Å². The Morgan fingerprint density at radius 1 is 1.26 bits per heavy atom. The Bertz CT molecular complexity index is 803. The normalized spacial score (nSPS) is 11.9. The summed E-state index contributed by atoms with van der Waals surface area (Å²) in [5.41, 5.74) is 3.76. The molecule has 1 atom stereocenters. The molecular weight excluding hydrogens is 346 g/mol. The highest BCUT2D eigenvalue weighted by Crippen LogP contribution is 2.22. The summed E-state index contributed by atoms with van der Waals surface area (Å²) in [6.45, 7) is 4.14. The summed E-state index contributed by atoms with van der Waals surface area (Å²) in [5.74, 6) is 0.636. The van der Waals surface area contributed by atoms with Crippen LogP contribution < -0.4 is 10.2 Å². The highest BCUT2D eigenvalue weighted by Gasteiger charge is 2.10. The fourth-order valence-electron chi connectivity index (χ4n) is 2.61. The van der Waals surface area contributed by atoms with Crippen LogP contribution >= 0.6 is 0 Å². The summed E-state index contributed by atoms with van der Waals surface area (Å²) in [7, 11) is 0. The number of carbonyl (C=O) groups excluding carboxylic acids is 1. The van der Waals surface area contributed by atoms with Gasteiger partial charge in [0, 0.05) is 6.07 Å². The highest BCUT2D eigenvalue weighted by atomic mass is 16.6. The molecule has 0 aliphatic carbocycles. The number of nitro groups is 1. The van der Waals surface area contributed by atoms with E-state index in [1.807, 2.05) is 24.3 Å². The largest absolute Gasteiger partial charge is 0.484 e. The number of nitro benzene ring substituents is 1. The molecular formula is C20H23N3O4. The minimum Gasteiger partial charge on any atom is -0.484 e. The third-order valence-corrected chi connectivity index (χ3v) is 4.07. The van der Waals surface area contributed by atoms with Crippen LogP contribution in [0.15, 0.2) is 53.6 Å². The van der Waals surface area contributed by atoms with Crippen molar-refractivity contribution in [3.8, 4) is 5.75 Å². The van der Waals surface area contributed by atoms with Crippen LogP contribution in [-0.4, -0.2) is 23.7 Å². The molecule has 0 saturated heterocycles. The minimum atomic E-state index is -0.503. The summed E-state index contributed by atoms with van der Waals surface area (Å²) >= 11 is 0. The molecule has 0 heterocycles. The van der Waals surface area contributed by atoms with E-state index in [0.717, 1.165) is 12.8 Å². The second-order valence-corrected chi connectivity index (χ2v) is 6.16. The van der Waals surface area contributed by atoms with Gasteiger partial charge in [-0.1, -0.05) is 44.5 Å². The molecule has 1 amide bonds. The zero-order chi connectivity index (χ0) is 19.6. The van der Waals surface area contributed by atoms with Crippen LogP contribution in [0.3, 0.4) is 0 Å². The molecule has 0 radical (unpaired) electrons. The fourth-order valence-corrected chi connectivity index (χ4v) is 2.61. The molecule has 0 aromatic heterocycles. The predicted molar refractivity (Wildman–Crippen MR) is 104 cm³/mol. The van der Waals surface area contributed by atoms with Gasteiger partial charge >= 0.3 is 0 Å². The van der Waals surface area contributed by atoms with Gasteiger partial charge in [0.05, 0.1) is 16.7 Å². The van der Waals surface area contributed by atoms with E-state index < -0.39 is 10.8 Å². The van der Waals surface area contributed by atoms with Gasteiger partial charge in [0.1, 0.15) is 5.75 Å². The molecule has 0 fully saturated rings. The van der Waals surface area contributed by atoms with Gasteiger partial charge in [0.15, 0.2) is 6.61 Å². The molecule has 27 heavy (non-hydrogen) atoms. The number of benzene rings is 2. The Hall–Kier alpha value is -3.22. The maximum atomic E-state index is 11.8. The Morgan fingerprint density at radius 3 is 2.63 bits per heavy atom. The van der Waals surface area contributed by atoms with E-state index in [-0.39, 0.29) is 12.3 Å². The Kier molecular flexibility index (Phi) is 7.49. The van der Waals surface area contributed by atoms with Gasteiger partial charge < -0.3 is 4.74 Å². The van der Waals surface area contributed by atoms with Crippen LogP contribution in [0.5, 0.6) is 5.75 Å². The third kappa shape index (κ3) is 6.22. The first kappa shape index (κ1) is 20.1. The van der Waals surface area contributed by atoms with E-state index >= 15 is 0 Å². The molecule has 0 spiro atoms. The fraction of sp³-hybridized carbons (Fsp3) is 0.300. The van der Waals surface area contributed by atoms with Crippen molar-refractivity contribution in [2.24, 2.45) is 5.10 Å². The van der Waals surface area contributed by atoms with Crippen molar-refractivity contribution in [2.75, 3.05) is 6.61 Å². The zero-order valence-electron chi connectivity index (χ0n) is 15.4. The lowest BCUT2D eigenvalue weighted by Gasteiger charge is -2.11. The molecule has 7 nitrogen and oxygen atoms in total. The Labute approximate surface area is 158 Å². The lowest BCUT2D eigenvalue weighted by atomic mass is 9.97. The van der Waals surface area contributed by atoms with E-state index in [1.165, 1.54) is 17.8 Å². The van der Waals surface area contributed by atoms with Crippen molar-refractivity contribution in [1.82, 2.24) is 5.43 Å². The second-order valence-electron chi connectivity index (χ2n) is 6.16. The lowest BCUT2D eigenvalue weighted by molar-refractivity contribution is -0.385. The van der Waals surface area contributed by atoms with Gasteiger partial charge in [-0.05, 0) is 36.1 Å². The van der Waals surface area contributed by atoms with Gasteiger partial charge in [0.2, 0.25) is 0 Å². The van der Waals surface area contributed by atoms with Crippen LogP contribution in [0.2, 0.25) is 0 Å². The molecule has 1 N–H and O–H groups in total. The van der Waals surface area contributed by atoms with E-state index in [4.69, 9.17) is 4.74 Å². The first-order chi connectivity index (χ1) is 13.0. The standard InChI is InChI=1S/C20H23N3O4/c1-3-6-15(2)16-9-11-18(12-10-16)27-14-20(24)22-21-13-17-7-4-5-8-19(17)23(25)26/h4-5,7-13,15H,3,6,14H2,1-2H3,(H,22,24)/b21-13+. The van der Waals surface area contributed by atoms with Crippen molar-refractivity contribution < 1.29 is 14.5 Å². The van der Waals surface area contributed by atoms with Crippen molar-refractivity contribution in [1.29, 1.82) is 0 Å². The van der Waals surface area contributed by atoms with E-state index in [2.05, 4.69) is 24.4 Å². The molecule has 2 aromatic carbocycles. The summed E-state index contributed by atoms with van der Waals surface area (Å²) < 4.78 is 5.43. The van der Waals surface area contributed by atoms with Gasteiger partial charge in [-0.15, -0.1) is 0 Å². The number of hydrogen-bond donors (Lipinski definition) is 1. The van der Waals surface area contributed by atoms with Crippen molar-refractivity contribution in [3.63, 3.8) is 0 Å². The Balaban J connectivity index is 1.84. The van der Waals surface area contributed by atoms with Crippen LogP contribution in [0.4, 0.5) is 5.69 Å². The molecule has 7 heteroatoms. The van der Waals surface area contributed by atoms with Gasteiger partial charge in [-0.2, -0.15) is 5.10 Å². The molecule has 0 aliphatic rings. The number of hydrazone groups is 1. The molecule has 1 unspecified atom stereocenters. The minimum absolute atomic E-state index is 0.0795. The van der Waals surface area contributed by atoms with Crippen LogP contribution in [0.1, 0.15) is 43.7 Å². The van der Waals surface area contributed by atoms with Crippen LogP contribution in [0, 0.1) is 10.1 Å². The van der Waals surface area contributed by atoms with Crippen LogP contribution in [0.25, 0.3) is 0 Å². The summed E-state index contributed by atoms with van der Waals surface area (Å²) in [4.78, 5) is 22.2. The average molecular weight is 369 g/mol. The first-order valence-corrected chi connectivity index (χ1v) is 8.79. The van der Waals surface area contributed by atoms with Crippen molar-refractivity contribution >= 4 is 17.8 Å². The summed E-state index contributed by atoms with van der Waals surface area (Å²) in [6, 6.07) is 13.8. The average Bonchev–Trinajstić information content (AvgIpc) is 2.67. The smallest absolute Gasteiger partial charge is 0.278 e. The van der Waals surface area contributed by atoms with E-state index in [9.17, 15) is 14.9 Å². The van der Waals surface area contributed by atoms with Crippen LogP contribution in [-0.2, 0) is 4.79 Å². The van der Waals surface area contributed by atoms with Crippen molar-refractivity contribution in [2.45, 2.75) is 32.6 Å². The molecule has 2 rings (SSSR count). The topological polar surface area (TPSA) is 93.8 Å². The summed E-state index contributed by atoms with van der Waals surface area (Å²) in [6.07, 6.45) is 3.49. The number of amides is 1. The molecule has 142 valence electrons. The monoisotopic (exact) mass is 369 g/mol. The van der Waals surface area contributed by atoms with Gasteiger partial charge in [-0.3, -0.25) is 14.9 Å². The van der Waals surface area contributed by atoms with E-state index in [0.29, 0.717) is 17.2 Å². The SMILES string of the molecule is CCCC(C)c1ccc(OCC(=O)N/N=C/c2ccccc2[N+](=O)[O-])cc1. The highest BCUT2D eigenvalue weighted by molar-refractivity contribution is 5.86.